The Hall–Kier alpha value is -4.66. The van der Waals surface area contributed by atoms with E-state index in [9.17, 15) is 19.7 Å². The number of aromatic nitrogens is 4. The summed E-state index contributed by atoms with van der Waals surface area (Å²) in [6.07, 6.45) is 6.58. The van der Waals surface area contributed by atoms with Crippen LogP contribution in [0, 0.1) is 29.9 Å². The molecule has 1 aliphatic rings. The Morgan fingerprint density at radius 1 is 0.778 bits per heavy atom. The lowest BCUT2D eigenvalue weighted by atomic mass is 9.75. The van der Waals surface area contributed by atoms with Gasteiger partial charge in [0.05, 0.1) is 17.3 Å². The van der Waals surface area contributed by atoms with Gasteiger partial charge in [-0.05, 0) is 44.2 Å². The first-order valence-corrected chi connectivity index (χ1v) is 11.6. The van der Waals surface area contributed by atoms with Crippen molar-refractivity contribution in [3.63, 3.8) is 0 Å². The number of nitro groups is 1. The zero-order valence-corrected chi connectivity index (χ0v) is 19.8. The van der Waals surface area contributed by atoms with Gasteiger partial charge >= 0.3 is 0 Å². The van der Waals surface area contributed by atoms with E-state index in [4.69, 9.17) is 0 Å². The number of para-hydroxylation sites is 2. The maximum atomic E-state index is 13.8. The summed E-state index contributed by atoms with van der Waals surface area (Å²) >= 11 is 0. The number of aromatic amines is 2. The Morgan fingerprint density at radius 3 is 1.67 bits per heavy atom. The summed E-state index contributed by atoms with van der Waals surface area (Å²) < 4.78 is 2.83. The lowest BCUT2D eigenvalue weighted by Gasteiger charge is -2.26. The Labute approximate surface area is 206 Å². The smallest absolute Gasteiger partial charge is 0.275 e. The molecule has 0 bridgehead atoms. The van der Waals surface area contributed by atoms with Crippen molar-refractivity contribution in [3.8, 4) is 11.4 Å². The van der Waals surface area contributed by atoms with Crippen LogP contribution in [0.3, 0.4) is 0 Å². The molecule has 9 heteroatoms. The summed E-state index contributed by atoms with van der Waals surface area (Å²) in [7, 11) is 0. The quantitative estimate of drug-likeness (QED) is 0.320. The predicted octanol–water partition coefficient (Wildman–Crippen LogP) is 3.78. The molecule has 182 valence electrons. The van der Waals surface area contributed by atoms with Crippen LogP contribution in [0.1, 0.15) is 28.4 Å². The number of allylic oxidation sites excluding steroid dienone is 2. The molecule has 0 aliphatic heterocycles. The minimum Gasteiger partial charge on any atom is -0.295 e. The average Bonchev–Trinajstić information content (AvgIpc) is 3.36. The van der Waals surface area contributed by atoms with Gasteiger partial charge in [-0.1, -0.05) is 54.6 Å². The van der Waals surface area contributed by atoms with Crippen molar-refractivity contribution in [2.45, 2.75) is 25.8 Å². The second-order valence-electron chi connectivity index (χ2n) is 8.85. The van der Waals surface area contributed by atoms with Crippen molar-refractivity contribution in [2.24, 2.45) is 5.92 Å². The SMILES string of the molecule is Cc1[nH]n(-c2ccccc2)c(=O)c1C(c1c(C)[nH]n(-c2ccccc2)c1=O)C1C=CC=CC1[N+](=O)[O-]. The largest absolute Gasteiger partial charge is 0.295 e. The summed E-state index contributed by atoms with van der Waals surface area (Å²) in [5, 5.41) is 18.3. The van der Waals surface area contributed by atoms with Gasteiger partial charge in [0, 0.05) is 33.4 Å². The fourth-order valence-electron chi connectivity index (χ4n) is 5.03. The highest BCUT2D eigenvalue weighted by Crippen LogP contribution is 2.37. The monoisotopic (exact) mass is 483 g/mol. The Morgan fingerprint density at radius 2 is 1.22 bits per heavy atom. The molecule has 2 unspecified atom stereocenters. The van der Waals surface area contributed by atoms with Gasteiger partial charge in [-0.15, -0.1) is 0 Å². The third-order valence-corrected chi connectivity index (χ3v) is 6.66. The second kappa shape index (κ2) is 9.18. The number of benzene rings is 2. The Bertz CT molecular complexity index is 1490. The van der Waals surface area contributed by atoms with Gasteiger partial charge in [-0.25, -0.2) is 9.36 Å². The van der Waals surface area contributed by atoms with Crippen LogP contribution in [-0.4, -0.2) is 30.5 Å². The molecular formula is C27H25N5O4. The van der Waals surface area contributed by atoms with Crippen LogP contribution in [0.15, 0.2) is 94.6 Å². The molecule has 2 N–H and O–H groups in total. The van der Waals surface area contributed by atoms with E-state index in [0.29, 0.717) is 33.9 Å². The van der Waals surface area contributed by atoms with Crippen LogP contribution in [-0.2, 0) is 0 Å². The van der Waals surface area contributed by atoms with Crippen LogP contribution in [0.25, 0.3) is 11.4 Å². The number of nitrogens with one attached hydrogen (secondary N) is 2. The van der Waals surface area contributed by atoms with E-state index in [0.717, 1.165) is 0 Å². The second-order valence-corrected chi connectivity index (χ2v) is 8.85. The lowest BCUT2D eigenvalue weighted by molar-refractivity contribution is -0.517. The highest BCUT2D eigenvalue weighted by Gasteiger charge is 2.42. The van der Waals surface area contributed by atoms with Gasteiger partial charge in [0.15, 0.2) is 0 Å². The minimum atomic E-state index is -1.10. The van der Waals surface area contributed by atoms with E-state index in [1.165, 1.54) is 15.4 Å². The molecule has 2 aromatic heterocycles. The fraction of sp³-hybridized carbons (Fsp3) is 0.185. The first kappa shape index (κ1) is 23.1. The Balaban J connectivity index is 1.77. The molecule has 0 spiro atoms. The molecule has 4 aromatic rings. The Kier molecular flexibility index (Phi) is 5.89. The summed E-state index contributed by atoms with van der Waals surface area (Å²) in [4.78, 5) is 39.3. The third kappa shape index (κ3) is 3.84. The molecule has 2 heterocycles. The van der Waals surface area contributed by atoms with E-state index in [2.05, 4.69) is 10.2 Å². The molecule has 1 aliphatic carbocycles. The van der Waals surface area contributed by atoms with Crippen LogP contribution in [0.2, 0.25) is 0 Å². The summed E-state index contributed by atoms with van der Waals surface area (Å²) in [6, 6.07) is 17.1. The summed E-state index contributed by atoms with van der Waals surface area (Å²) in [5.74, 6) is -1.60. The first-order valence-electron chi connectivity index (χ1n) is 11.6. The normalized spacial score (nSPS) is 17.1. The summed E-state index contributed by atoms with van der Waals surface area (Å²) in [5.41, 5.74) is 2.32. The number of hydrogen-bond acceptors (Lipinski definition) is 4. The molecule has 0 amide bonds. The maximum Gasteiger partial charge on any atom is 0.275 e. The predicted molar refractivity (Wildman–Crippen MR) is 137 cm³/mol. The van der Waals surface area contributed by atoms with E-state index in [1.807, 2.05) is 36.4 Å². The van der Waals surface area contributed by atoms with E-state index in [1.54, 1.807) is 56.3 Å². The van der Waals surface area contributed by atoms with Gasteiger partial charge in [0.2, 0.25) is 6.04 Å². The molecule has 0 saturated heterocycles. The molecule has 2 aromatic carbocycles. The van der Waals surface area contributed by atoms with Gasteiger partial charge < -0.3 is 0 Å². The molecule has 9 nitrogen and oxygen atoms in total. The third-order valence-electron chi connectivity index (χ3n) is 6.66. The van der Waals surface area contributed by atoms with Gasteiger partial charge in [-0.2, -0.15) is 0 Å². The topological polar surface area (TPSA) is 119 Å². The van der Waals surface area contributed by atoms with Gasteiger partial charge in [0.25, 0.3) is 11.1 Å². The van der Waals surface area contributed by atoms with Crippen molar-refractivity contribution in [2.75, 3.05) is 0 Å². The van der Waals surface area contributed by atoms with Crippen molar-refractivity contribution < 1.29 is 4.92 Å². The number of rotatable bonds is 6. The number of aryl methyl sites for hydroxylation is 2. The maximum absolute atomic E-state index is 13.8. The number of hydrogen-bond donors (Lipinski definition) is 2. The lowest BCUT2D eigenvalue weighted by Crippen LogP contribution is -2.36. The molecular weight excluding hydrogens is 458 g/mol. The van der Waals surface area contributed by atoms with E-state index in [-0.39, 0.29) is 16.0 Å². The number of nitrogens with zero attached hydrogens (tertiary/aromatic N) is 3. The van der Waals surface area contributed by atoms with Crippen molar-refractivity contribution in [1.82, 2.24) is 19.6 Å². The first-order chi connectivity index (χ1) is 17.4. The van der Waals surface area contributed by atoms with Crippen LogP contribution < -0.4 is 11.1 Å². The standard InChI is InChI=1S/C27H25N5O4/c1-17-23(26(33)30(28-17)19-11-5-3-6-12-19)25(21-15-9-10-16-22(21)32(35)36)24-18(2)29-31(27(24)34)20-13-7-4-8-14-20/h3-16,21-22,25,28-29H,1-2H3. The fourth-order valence-corrected chi connectivity index (χ4v) is 5.03. The van der Waals surface area contributed by atoms with Crippen LogP contribution in [0.5, 0.6) is 0 Å². The molecule has 36 heavy (non-hydrogen) atoms. The van der Waals surface area contributed by atoms with Crippen molar-refractivity contribution in [3.05, 3.63) is 138 Å². The number of H-pyrrole nitrogens is 2. The van der Waals surface area contributed by atoms with E-state index >= 15 is 0 Å². The zero-order valence-electron chi connectivity index (χ0n) is 19.8. The molecule has 0 saturated carbocycles. The van der Waals surface area contributed by atoms with Crippen LogP contribution in [0.4, 0.5) is 0 Å². The van der Waals surface area contributed by atoms with Gasteiger partial charge in [-0.3, -0.25) is 29.9 Å². The van der Waals surface area contributed by atoms with Crippen LogP contribution >= 0.6 is 0 Å². The molecule has 0 fully saturated rings. The summed E-state index contributed by atoms with van der Waals surface area (Å²) in [6.45, 7) is 3.51. The molecule has 5 rings (SSSR count). The van der Waals surface area contributed by atoms with E-state index < -0.39 is 17.9 Å². The van der Waals surface area contributed by atoms with Crippen molar-refractivity contribution >= 4 is 0 Å². The molecule has 0 radical (unpaired) electrons. The highest BCUT2D eigenvalue weighted by atomic mass is 16.6. The average molecular weight is 484 g/mol. The van der Waals surface area contributed by atoms with Gasteiger partial charge in [0.1, 0.15) is 0 Å². The highest BCUT2D eigenvalue weighted by molar-refractivity contribution is 5.43. The minimum absolute atomic E-state index is 0.329. The molecule has 2 atom stereocenters. The zero-order chi connectivity index (χ0) is 25.4. The van der Waals surface area contributed by atoms with Crippen molar-refractivity contribution in [1.29, 1.82) is 0 Å².